The fraction of sp³-hybridized carbons (Fsp3) is 0.615. The Morgan fingerprint density at radius 3 is 2.95 bits per heavy atom. The number of methoxy groups -OCH3 is 1. The first-order valence-electron chi connectivity index (χ1n) is 6.45. The molecule has 2 rings (SSSR count). The molecule has 6 nitrogen and oxygen atoms in total. The van der Waals surface area contributed by atoms with E-state index in [0.717, 1.165) is 19.4 Å². The third-order valence-electron chi connectivity index (χ3n) is 3.00. The minimum atomic E-state index is -0.258. The second kappa shape index (κ2) is 5.86. The molecule has 0 aromatic carbocycles. The van der Waals surface area contributed by atoms with E-state index in [1.54, 1.807) is 6.07 Å². The number of carbonyl (C=O) groups is 1. The summed E-state index contributed by atoms with van der Waals surface area (Å²) in [6.07, 6.45) is 3.25. The van der Waals surface area contributed by atoms with Crippen molar-refractivity contribution in [1.82, 2.24) is 9.97 Å². The summed E-state index contributed by atoms with van der Waals surface area (Å²) in [5.74, 6) is 1.01. The Bertz CT molecular complexity index is 451. The Morgan fingerprint density at radius 2 is 2.26 bits per heavy atom. The summed E-state index contributed by atoms with van der Waals surface area (Å²) in [7, 11) is 1.41. The Labute approximate surface area is 112 Å². The van der Waals surface area contributed by atoms with Gasteiger partial charge >= 0.3 is 5.97 Å². The van der Waals surface area contributed by atoms with Crippen LogP contribution in [-0.4, -0.2) is 41.7 Å². The van der Waals surface area contributed by atoms with Crippen LogP contribution < -0.4 is 9.64 Å². The predicted molar refractivity (Wildman–Crippen MR) is 70.2 cm³/mol. The lowest BCUT2D eigenvalue weighted by atomic mass is 10.2. The van der Waals surface area contributed by atoms with Crippen LogP contribution in [0.4, 0.5) is 5.82 Å². The van der Waals surface area contributed by atoms with Gasteiger partial charge < -0.3 is 14.4 Å². The number of carbonyl (C=O) groups excluding carboxylic acids is 1. The maximum absolute atomic E-state index is 11.7. The number of hydrogen-bond acceptors (Lipinski definition) is 6. The summed E-state index contributed by atoms with van der Waals surface area (Å²) >= 11 is 0. The van der Waals surface area contributed by atoms with Gasteiger partial charge in [0.15, 0.2) is 0 Å². The molecular weight excluding hydrogens is 246 g/mol. The number of rotatable bonds is 4. The normalized spacial score (nSPS) is 18.7. The van der Waals surface area contributed by atoms with Crippen LogP contribution in [0.3, 0.4) is 0 Å². The third kappa shape index (κ3) is 3.13. The van der Waals surface area contributed by atoms with E-state index in [1.165, 1.54) is 13.4 Å². The van der Waals surface area contributed by atoms with Gasteiger partial charge in [0.2, 0.25) is 5.88 Å². The van der Waals surface area contributed by atoms with Crippen molar-refractivity contribution in [2.45, 2.75) is 38.8 Å². The molecule has 1 unspecified atom stereocenters. The van der Waals surface area contributed by atoms with Gasteiger partial charge in [0.05, 0.1) is 13.2 Å². The number of aromatic nitrogens is 2. The van der Waals surface area contributed by atoms with Crippen molar-refractivity contribution in [2.75, 3.05) is 18.6 Å². The van der Waals surface area contributed by atoms with Crippen LogP contribution in [-0.2, 0) is 9.53 Å². The first kappa shape index (κ1) is 13.6. The molecule has 1 aliphatic rings. The van der Waals surface area contributed by atoms with Gasteiger partial charge in [0, 0.05) is 12.6 Å². The molecule has 1 aliphatic heterocycles. The quantitative estimate of drug-likeness (QED) is 0.767. The lowest BCUT2D eigenvalue weighted by Gasteiger charge is -2.23. The zero-order valence-electron chi connectivity index (χ0n) is 11.5. The third-order valence-corrected chi connectivity index (χ3v) is 3.00. The number of anilines is 1. The molecule has 0 N–H and O–H groups in total. The summed E-state index contributed by atoms with van der Waals surface area (Å²) in [4.78, 5) is 22.0. The van der Waals surface area contributed by atoms with E-state index in [1.807, 2.05) is 18.7 Å². The van der Waals surface area contributed by atoms with E-state index in [9.17, 15) is 4.79 Å². The van der Waals surface area contributed by atoms with Gasteiger partial charge in [0.25, 0.3) is 0 Å². The number of nitrogens with zero attached hydrogens (tertiary/aromatic N) is 3. The van der Waals surface area contributed by atoms with Gasteiger partial charge in [0.1, 0.15) is 18.2 Å². The lowest BCUT2D eigenvalue weighted by molar-refractivity contribution is -0.141. The molecule has 1 saturated heterocycles. The number of esters is 1. The number of hydrogen-bond donors (Lipinski definition) is 0. The van der Waals surface area contributed by atoms with Crippen molar-refractivity contribution in [2.24, 2.45) is 0 Å². The highest BCUT2D eigenvalue weighted by atomic mass is 16.5. The summed E-state index contributed by atoms with van der Waals surface area (Å²) in [6, 6.07) is 1.51. The highest BCUT2D eigenvalue weighted by molar-refractivity contribution is 5.80. The van der Waals surface area contributed by atoms with Gasteiger partial charge in [-0.2, -0.15) is 0 Å². The van der Waals surface area contributed by atoms with Crippen LogP contribution in [0.2, 0.25) is 0 Å². The van der Waals surface area contributed by atoms with E-state index in [4.69, 9.17) is 9.47 Å². The van der Waals surface area contributed by atoms with E-state index < -0.39 is 0 Å². The van der Waals surface area contributed by atoms with E-state index in [0.29, 0.717) is 11.7 Å². The molecule has 0 amide bonds. The minimum Gasteiger partial charge on any atom is -0.475 e. The van der Waals surface area contributed by atoms with Gasteiger partial charge in [-0.3, -0.25) is 0 Å². The van der Waals surface area contributed by atoms with E-state index >= 15 is 0 Å². The predicted octanol–water partition coefficient (Wildman–Crippen LogP) is 1.41. The van der Waals surface area contributed by atoms with Gasteiger partial charge in [-0.25, -0.2) is 14.8 Å². The molecule has 1 aromatic heterocycles. The van der Waals surface area contributed by atoms with Crippen molar-refractivity contribution in [3.05, 3.63) is 12.4 Å². The molecule has 1 fully saturated rings. The zero-order valence-corrected chi connectivity index (χ0v) is 11.5. The second-order valence-electron chi connectivity index (χ2n) is 4.76. The lowest BCUT2D eigenvalue weighted by Crippen LogP contribution is -2.37. The number of ether oxygens (including phenoxy) is 2. The highest BCUT2D eigenvalue weighted by Crippen LogP contribution is 2.26. The van der Waals surface area contributed by atoms with Crippen molar-refractivity contribution in [3.63, 3.8) is 0 Å². The fourth-order valence-electron chi connectivity index (χ4n) is 2.21. The van der Waals surface area contributed by atoms with Crippen LogP contribution in [0.25, 0.3) is 0 Å². The maximum Gasteiger partial charge on any atom is 0.328 e. The molecular formula is C13H19N3O3. The average Bonchev–Trinajstić information content (AvgIpc) is 2.86. The molecule has 0 spiro atoms. The Kier molecular flexibility index (Phi) is 4.19. The summed E-state index contributed by atoms with van der Waals surface area (Å²) in [5.41, 5.74) is 0. The Hall–Kier alpha value is -1.85. The topological polar surface area (TPSA) is 64.5 Å². The summed E-state index contributed by atoms with van der Waals surface area (Å²) in [5, 5.41) is 0. The monoisotopic (exact) mass is 265 g/mol. The maximum atomic E-state index is 11.7. The standard InChI is InChI=1S/C13H19N3O3/c1-9(2)19-12-7-11(14-8-15-12)16-6-4-5-10(16)13(17)18-3/h7-10H,4-6H2,1-3H3. The van der Waals surface area contributed by atoms with Crippen LogP contribution in [0, 0.1) is 0 Å². The molecule has 104 valence electrons. The molecule has 1 atom stereocenters. The molecule has 0 saturated carbocycles. The molecule has 6 heteroatoms. The summed E-state index contributed by atoms with van der Waals surface area (Å²) in [6.45, 7) is 4.67. The van der Waals surface area contributed by atoms with Crippen LogP contribution >= 0.6 is 0 Å². The summed E-state index contributed by atoms with van der Waals surface area (Å²) < 4.78 is 10.4. The Balaban J connectivity index is 2.18. The zero-order chi connectivity index (χ0) is 13.8. The van der Waals surface area contributed by atoms with Gasteiger partial charge in [-0.1, -0.05) is 0 Å². The van der Waals surface area contributed by atoms with Crippen LogP contribution in [0.1, 0.15) is 26.7 Å². The van der Waals surface area contributed by atoms with Crippen LogP contribution in [0.15, 0.2) is 12.4 Å². The van der Waals surface area contributed by atoms with Crippen molar-refractivity contribution in [3.8, 4) is 5.88 Å². The molecule has 0 radical (unpaired) electrons. The molecule has 19 heavy (non-hydrogen) atoms. The first-order chi connectivity index (χ1) is 9.11. The average molecular weight is 265 g/mol. The largest absolute Gasteiger partial charge is 0.475 e. The van der Waals surface area contributed by atoms with E-state index in [-0.39, 0.29) is 18.1 Å². The van der Waals surface area contributed by atoms with Gasteiger partial charge in [-0.05, 0) is 26.7 Å². The second-order valence-corrected chi connectivity index (χ2v) is 4.76. The molecule has 0 aliphatic carbocycles. The van der Waals surface area contributed by atoms with Crippen molar-refractivity contribution >= 4 is 11.8 Å². The van der Waals surface area contributed by atoms with Gasteiger partial charge in [-0.15, -0.1) is 0 Å². The smallest absolute Gasteiger partial charge is 0.328 e. The first-order valence-corrected chi connectivity index (χ1v) is 6.45. The Morgan fingerprint density at radius 1 is 1.47 bits per heavy atom. The fourth-order valence-corrected chi connectivity index (χ4v) is 2.21. The SMILES string of the molecule is COC(=O)C1CCCN1c1cc(OC(C)C)ncn1. The van der Waals surface area contributed by atoms with Crippen LogP contribution in [0.5, 0.6) is 5.88 Å². The van der Waals surface area contributed by atoms with E-state index in [2.05, 4.69) is 9.97 Å². The molecule has 1 aromatic rings. The molecule has 0 bridgehead atoms. The molecule has 2 heterocycles. The highest BCUT2D eigenvalue weighted by Gasteiger charge is 2.32. The minimum absolute atomic E-state index is 0.0535. The van der Waals surface area contributed by atoms with Crippen molar-refractivity contribution < 1.29 is 14.3 Å². The van der Waals surface area contributed by atoms with Crippen molar-refractivity contribution in [1.29, 1.82) is 0 Å².